The predicted octanol–water partition coefficient (Wildman–Crippen LogP) is 3.83. The van der Waals surface area contributed by atoms with Gasteiger partial charge in [-0.2, -0.15) is 0 Å². The van der Waals surface area contributed by atoms with Crippen molar-refractivity contribution in [2.75, 3.05) is 25.0 Å². The molecule has 1 aromatic carbocycles. The molecule has 168 valence electrons. The van der Waals surface area contributed by atoms with Gasteiger partial charge in [0.1, 0.15) is 0 Å². The van der Waals surface area contributed by atoms with E-state index in [9.17, 15) is 14.4 Å². The molecule has 0 heterocycles. The molecule has 0 spiro atoms. The summed E-state index contributed by atoms with van der Waals surface area (Å²) in [7, 11) is 0. The highest BCUT2D eigenvalue weighted by Crippen LogP contribution is 2.60. The largest absolute Gasteiger partial charge is 0.355 e. The lowest BCUT2D eigenvalue weighted by Crippen LogP contribution is -2.53. The molecular formula is C25H35N3O3. The van der Waals surface area contributed by atoms with Gasteiger partial charge < -0.3 is 15.5 Å². The highest BCUT2D eigenvalue weighted by molar-refractivity contribution is 5.96. The highest BCUT2D eigenvalue weighted by atomic mass is 16.2. The first-order chi connectivity index (χ1) is 14.9. The summed E-state index contributed by atoms with van der Waals surface area (Å²) in [5, 5.41) is 5.92. The monoisotopic (exact) mass is 425 g/mol. The zero-order valence-corrected chi connectivity index (χ0v) is 18.8. The van der Waals surface area contributed by atoms with E-state index in [1.54, 1.807) is 29.2 Å². The lowest BCUT2D eigenvalue weighted by Gasteiger charge is -2.55. The maximum Gasteiger partial charge on any atom is 0.253 e. The molecular weight excluding hydrogens is 390 g/mol. The number of carbonyl (C=O) groups is 3. The summed E-state index contributed by atoms with van der Waals surface area (Å²) in [4.78, 5) is 39.4. The summed E-state index contributed by atoms with van der Waals surface area (Å²) < 4.78 is 0. The van der Waals surface area contributed by atoms with Crippen LogP contribution in [0.3, 0.4) is 0 Å². The van der Waals surface area contributed by atoms with E-state index in [-0.39, 0.29) is 29.6 Å². The lowest BCUT2D eigenvalue weighted by atomic mass is 9.49. The number of hydrogen-bond donors (Lipinski definition) is 2. The second kappa shape index (κ2) is 9.01. The molecule has 4 fully saturated rings. The van der Waals surface area contributed by atoms with Crippen molar-refractivity contribution in [2.24, 2.45) is 23.2 Å². The van der Waals surface area contributed by atoms with Gasteiger partial charge in [-0.3, -0.25) is 14.4 Å². The van der Waals surface area contributed by atoms with Crippen molar-refractivity contribution in [3.63, 3.8) is 0 Å². The van der Waals surface area contributed by atoms with Gasteiger partial charge >= 0.3 is 0 Å². The molecule has 4 saturated carbocycles. The predicted molar refractivity (Wildman–Crippen MR) is 121 cm³/mol. The fourth-order valence-corrected chi connectivity index (χ4v) is 6.48. The van der Waals surface area contributed by atoms with E-state index in [0.717, 1.165) is 37.0 Å². The van der Waals surface area contributed by atoms with Crippen molar-refractivity contribution in [2.45, 2.75) is 58.8 Å². The van der Waals surface area contributed by atoms with E-state index in [2.05, 4.69) is 10.6 Å². The Morgan fingerprint density at radius 3 is 2.00 bits per heavy atom. The quantitative estimate of drug-likeness (QED) is 0.664. The summed E-state index contributed by atoms with van der Waals surface area (Å²) in [5.41, 5.74) is 1.11. The second-order valence-corrected chi connectivity index (χ2v) is 9.81. The first-order valence-electron chi connectivity index (χ1n) is 11.9. The van der Waals surface area contributed by atoms with Crippen LogP contribution in [-0.4, -0.2) is 42.3 Å². The highest BCUT2D eigenvalue weighted by Gasteiger charge is 2.54. The third-order valence-corrected chi connectivity index (χ3v) is 7.62. The number of hydrogen-bond acceptors (Lipinski definition) is 3. The average Bonchev–Trinajstić information content (AvgIpc) is 2.74. The van der Waals surface area contributed by atoms with E-state index in [4.69, 9.17) is 0 Å². The minimum atomic E-state index is -0.168. The molecule has 1 aromatic rings. The zero-order chi connectivity index (χ0) is 22.0. The topological polar surface area (TPSA) is 78.5 Å². The maximum atomic E-state index is 13.0. The van der Waals surface area contributed by atoms with Gasteiger partial charge in [0.05, 0.1) is 0 Å². The van der Waals surface area contributed by atoms with Gasteiger partial charge in [-0.05, 0) is 94.4 Å². The normalized spacial score (nSPS) is 28.3. The number of nitrogens with one attached hydrogen (secondary N) is 2. The Morgan fingerprint density at radius 1 is 0.935 bits per heavy atom. The van der Waals surface area contributed by atoms with E-state index >= 15 is 0 Å². The molecule has 2 N–H and O–H groups in total. The maximum absolute atomic E-state index is 13.0. The molecule has 6 nitrogen and oxygen atoms in total. The Hall–Kier alpha value is -2.37. The van der Waals surface area contributed by atoms with Gasteiger partial charge in [0, 0.05) is 42.7 Å². The van der Waals surface area contributed by atoms with Crippen LogP contribution in [0.1, 0.15) is 69.2 Å². The molecule has 4 bridgehead atoms. The van der Waals surface area contributed by atoms with Crippen molar-refractivity contribution in [1.82, 2.24) is 10.2 Å². The molecule has 0 saturated heterocycles. The molecule has 0 unspecified atom stereocenters. The van der Waals surface area contributed by atoms with Crippen LogP contribution in [0.4, 0.5) is 5.69 Å². The molecule has 6 heteroatoms. The molecule has 0 radical (unpaired) electrons. The van der Waals surface area contributed by atoms with E-state index in [1.165, 1.54) is 19.3 Å². The van der Waals surface area contributed by atoms with Crippen LogP contribution >= 0.6 is 0 Å². The number of nitrogens with zero attached hydrogens (tertiary/aromatic N) is 1. The molecule has 5 rings (SSSR count). The smallest absolute Gasteiger partial charge is 0.253 e. The van der Waals surface area contributed by atoms with Crippen LogP contribution < -0.4 is 10.6 Å². The fraction of sp³-hybridized carbons (Fsp3) is 0.640. The van der Waals surface area contributed by atoms with Crippen LogP contribution in [0.15, 0.2) is 24.3 Å². The van der Waals surface area contributed by atoms with Gasteiger partial charge in [-0.1, -0.05) is 0 Å². The van der Waals surface area contributed by atoms with Gasteiger partial charge in [-0.15, -0.1) is 0 Å². The average molecular weight is 426 g/mol. The molecule has 4 aliphatic rings. The van der Waals surface area contributed by atoms with Gasteiger partial charge in [0.2, 0.25) is 11.8 Å². The summed E-state index contributed by atoms with van der Waals surface area (Å²) >= 11 is 0. The molecule has 0 atom stereocenters. The van der Waals surface area contributed by atoms with Crippen molar-refractivity contribution in [3.05, 3.63) is 29.8 Å². The Bertz CT molecular complexity index is 794. The Kier molecular flexibility index (Phi) is 6.35. The first-order valence-corrected chi connectivity index (χ1v) is 11.9. The Labute approximate surface area is 185 Å². The van der Waals surface area contributed by atoms with E-state index in [0.29, 0.717) is 30.9 Å². The van der Waals surface area contributed by atoms with Gasteiger partial charge in [0.25, 0.3) is 5.91 Å². The summed E-state index contributed by atoms with van der Waals surface area (Å²) in [6.07, 6.45) is 7.30. The molecule has 3 amide bonds. The first kappa shape index (κ1) is 21.8. The van der Waals surface area contributed by atoms with Crippen LogP contribution in [0.25, 0.3) is 0 Å². The Balaban J connectivity index is 1.23. The van der Waals surface area contributed by atoms with Crippen molar-refractivity contribution in [3.8, 4) is 0 Å². The minimum Gasteiger partial charge on any atom is -0.355 e. The SMILES string of the molecule is CCN(CC)C(=O)c1ccc(NC(=O)CCNC(=O)C23CC4CC(CC(C4)C2)C3)cc1. The van der Waals surface area contributed by atoms with Crippen LogP contribution in [0.2, 0.25) is 0 Å². The van der Waals surface area contributed by atoms with Crippen molar-refractivity contribution < 1.29 is 14.4 Å². The number of rotatable bonds is 8. The van der Waals surface area contributed by atoms with E-state index < -0.39 is 0 Å². The molecule has 31 heavy (non-hydrogen) atoms. The number of benzene rings is 1. The summed E-state index contributed by atoms with van der Waals surface area (Å²) in [5.74, 6) is 2.23. The third-order valence-electron chi connectivity index (χ3n) is 7.62. The molecule has 0 aliphatic heterocycles. The summed E-state index contributed by atoms with van der Waals surface area (Å²) in [6, 6.07) is 6.99. The number of anilines is 1. The lowest BCUT2D eigenvalue weighted by molar-refractivity contribution is -0.146. The number of amides is 3. The third kappa shape index (κ3) is 4.63. The van der Waals surface area contributed by atoms with Gasteiger partial charge in [0.15, 0.2) is 0 Å². The standard InChI is InChI=1S/C25H35N3O3/c1-3-28(4-2)23(30)20-5-7-21(8-6-20)27-22(29)9-10-26-24(31)25-14-17-11-18(15-25)13-19(12-17)16-25/h5-8,17-19H,3-4,9-16H2,1-2H3,(H,26,31)(H,27,29). The van der Waals surface area contributed by atoms with Crippen LogP contribution in [-0.2, 0) is 9.59 Å². The van der Waals surface area contributed by atoms with Crippen LogP contribution in [0, 0.1) is 23.2 Å². The summed E-state index contributed by atoms with van der Waals surface area (Å²) in [6.45, 7) is 5.62. The van der Waals surface area contributed by atoms with E-state index in [1.807, 2.05) is 13.8 Å². The minimum absolute atomic E-state index is 0.00438. The molecule has 4 aliphatic carbocycles. The Morgan fingerprint density at radius 2 is 1.48 bits per heavy atom. The van der Waals surface area contributed by atoms with Gasteiger partial charge in [-0.25, -0.2) is 0 Å². The number of carbonyl (C=O) groups excluding carboxylic acids is 3. The zero-order valence-electron chi connectivity index (χ0n) is 18.8. The second-order valence-electron chi connectivity index (χ2n) is 9.81. The van der Waals surface area contributed by atoms with Crippen LogP contribution in [0.5, 0.6) is 0 Å². The van der Waals surface area contributed by atoms with Crippen molar-refractivity contribution >= 4 is 23.4 Å². The molecule has 0 aromatic heterocycles. The van der Waals surface area contributed by atoms with Crippen molar-refractivity contribution in [1.29, 1.82) is 0 Å². The fourth-order valence-electron chi connectivity index (χ4n) is 6.48.